The van der Waals surface area contributed by atoms with Crippen molar-refractivity contribution in [2.24, 2.45) is 5.41 Å². The number of alkyl halides is 2. The number of hydroxylamine groups is 1. The third-order valence-electron chi connectivity index (χ3n) is 6.12. The summed E-state index contributed by atoms with van der Waals surface area (Å²) in [5, 5.41) is 8.87. The summed E-state index contributed by atoms with van der Waals surface area (Å²) in [5.41, 5.74) is 3.98. The van der Waals surface area contributed by atoms with Crippen LogP contribution in [0.15, 0.2) is 42.5 Å². The number of halogens is 2. The molecule has 6 nitrogen and oxygen atoms in total. The van der Waals surface area contributed by atoms with Gasteiger partial charge in [0.05, 0.1) is 5.41 Å². The van der Waals surface area contributed by atoms with E-state index in [1.54, 1.807) is 40.7 Å². The minimum absolute atomic E-state index is 0.00277. The normalized spacial score (nSPS) is 20.5. The molecule has 2 aromatic rings. The molecule has 158 valence electrons. The first-order valence-corrected chi connectivity index (χ1v) is 9.80. The zero-order chi connectivity index (χ0) is 21.3. The van der Waals surface area contributed by atoms with E-state index >= 15 is 0 Å². The maximum atomic E-state index is 13.3. The van der Waals surface area contributed by atoms with Crippen LogP contribution in [-0.2, 0) is 24.2 Å². The molecule has 0 bridgehead atoms. The number of fused-ring (bicyclic) bond motifs is 1. The van der Waals surface area contributed by atoms with Gasteiger partial charge in [-0.05, 0) is 55.0 Å². The summed E-state index contributed by atoms with van der Waals surface area (Å²) in [7, 11) is 0. The Morgan fingerprint density at radius 3 is 2.77 bits per heavy atom. The Morgan fingerprint density at radius 2 is 2.00 bits per heavy atom. The second-order valence-corrected chi connectivity index (χ2v) is 7.84. The molecular formula is C22H22F2N2O4. The minimum Gasteiger partial charge on any atom is -0.434 e. The number of benzene rings is 2. The van der Waals surface area contributed by atoms with E-state index in [0.29, 0.717) is 36.9 Å². The second-order valence-electron chi connectivity index (χ2n) is 7.84. The molecule has 4 rings (SSSR count). The standard InChI is InChI=1S/C22H22F2N2O4/c23-21(24)30-18-4-2-1-3-16(18)13-26-10-9-22(20(26)28)8-7-14-5-6-15(19(27)25-29)11-17(14)12-22/h1-6,11,21,29H,7-10,12-13H2,(H,25,27)/t22-/m1/s1. The van der Waals surface area contributed by atoms with Crippen molar-refractivity contribution in [1.29, 1.82) is 0 Å². The Balaban J connectivity index is 1.53. The van der Waals surface area contributed by atoms with Crippen LogP contribution in [0.1, 0.15) is 39.9 Å². The fourth-order valence-corrected chi connectivity index (χ4v) is 4.56. The van der Waals surface area contributed by atoms with Gasteiger partial charge in [-0.1, -0.05) is 24.3 Å². The summed E-state index contributed by atoms with van der Waals surface area (Å²) in [6.07, 6.45) is 2.61. The number of likely N-dealkylation sites (tertiary alicyclic amines) is 1. The summed E-state index contributed by atoms with van der Waals surface area (Å²) in [6, 6.07) is 11.8. The van der Waals surface area contributed by atoms with Gasteiger partial charge < -0.3 is 9.64 Å². The predicted octanol–water partition coefficient (Wildman–Crippen LogP) is 3.31. The van der Waals surface area contributed by atoms with Gasteiger partial charge in [0, 0.05) is 24.2 Å². The Bertz CT molecular complexity index is 981. The first-order valence-electron chi connectivity index (χ1n) is 9.80. The topological polar surface area (TPSA) is 78.9 Å². The van der Waals surface area contributed by atoms with E-state index in [1.165, 1.54) is 6.07 Å². The zero-order valence-corrected chi connectivity index (χ0v) is 16.2. The lowest BCUT2D eigenvalue weighted by molar-refractivity contribution is -0.137. The fraction of sp³-hybridized carbons (Fsp3) is 0.364. The van der Waals surface area contributed by atoms with Gasteiger partial charge in [-0.3, -0.25) is 14.8 Å². The first kappa shape index (κ1) is 20.3. The van der Waals surface area contributed by atoms with Crippen molar-refractivity contribution in [3.8, 4) is 5.75 Å². The molecular weight excluding hydrogens is 394 g/mol. The maximum absolute atomic E-state index is 13.3. The third kappa shape index (κ3) is 3.75. The van der Waals surface area contributed by atoms with E-state index in [2.05, 4.69) is 4.74 Å². The van der Waals surface area contributed by atoms with Crippen LogP contribution in [0.25, 0.3) is 0 Å². The Morgan fingerprint density at radius 1 is 1.20 bits per heavy atom. The maximum Gasteiger partial charge on any atom is 0.387 e. The zero-order valence-electron chi connectivity index (χ0n) is 16.2. The number of nitrogens with zero attached hydrogens (tertiary/aromatic N) is 1. The van der Waals surface area contributed by atoms with Crippen molar-refractivity contribution in [3.05, 3.63) is 64.7 Å². The summed E-state index contributed by atoms with van der Waals surface area (Å²) >= 11 is 0. The number of hydrogen-bond donors (Lipinski definition) is 2. The van der Waals surface area contributed by atoms with Crippen molar-refractivity contribution in [2.75, 3.05) is 6.54 Å². The van der Waals surface area contributed by atoms with Crippen molar-refractivity contribution in [2.45, 2.75) is 38.8 Å². The lowest BCUT2D eigenvalue weighted by atomic mass is 9.70. The van der Waals surface area contributed by atoms with Crippen LogP contribution in [0.2, 0.25) is 0 Å². The van der Waals surface area contributed by atoms with Crippen molar-refractivity contribution >= 4 is 11.8 Å². The van der Waals surface area contributed by atoms with E-state index in [4.69, 9.17) is 5.21 Å². The van der Waals surface area contributed by atoms with Crippen molar-refractivity contribution in [3.63, 3.8) is 0 Å². The van der Waals surface area contributed by atoms with E-state index in [0.717, 1.165) is 17.5 Å². The van der Waals surface area contributed by atoms with Crippen LogP contribution in [-0.4, -0.2) is 35.1 Å². The van der Waals surface area contributed by atoms with Crippen LogP contribution in [0.5, 0.6) is 5.75 Å². The SMILES string of the molecule is O=C(NO)c1ccc2c(c1)C[C@@]1(CC2)CCN(Cc2ccccc2OC(F)F)C1=O. The molecule has 1 fully saturated rings. The smallest absolute Gasteiger partial charge is 0.387 e. The van der Waals surface area contributed by atoms with E-state index in [-0.39, 0.29) is 18.2 Å². The number of amides is 2. The lowest BCUT2D eigenvalue weighted by Crippen LogP contribution is -2.38. The van der Waals surface area contributed by atoms with Gasteiger partial charge >= 0.3 is 6.61 Å². The van der Waals surface area contributed by atoms with Gasteiger partial charge in [0.25, 0.3) is 5.91 Å². The van der Waals surface area contributed by atoms with Gasteiger partial charge in [-0.2, -0.15) is 8.78 Å². The molecule has 0 saturated carbocycles. The summed E-state index contributed by atoms with van der Waals surface area (Å²) < 4.78 is 30.0. The Kier molecular flexibility index (Phi) is 5.42. The van der Waals surface area contributed by atoms with Crippen LogP contribution >= 0.6 is 0 Å². The van der Waals surface area contributed by atoms with E-state index < -0.39 is 17.9 Å². The number of rotatable bonds is 5. The average Bonchev–Trinajstić information content (AvgIpc) is 3.03. The lowest BCUT2D eigenvalue weighted by Gasteiger charge is -2.33. The number of nitrogens with one attached hydrogen (secondary N) is 1. The molecule has 2 N–H and O–H groups in total. The van der Waals surface area contributed by atoms with Gasteiger partial charge in [-0.15, -0.1) is 0 Å². The summed E-state index contributed by atoms with van der Waals surface area (Å²) in [4.78, 5) is 26.8. The molecule has 2 aromatic carbocycles. The molecule has 1 aliphatic heterocycles. The summed E-state index contributed by atoms with van der Waals surface area (Å²) in [5.74, 6) is -0.514. The predicted molar refractivity (Wildman–Crippen MR) is 103 cm³/mol. The molecule has 8 heteroatoms. The molecule has 2 aliphatic rings. The number of carbonyl (C=O) groups excluding carboxylic acids is 2. The fourth-order valence-electron chi connectivity index (χ4n) is 4.56. The Hall–Kier alpha value is -3.00. The largest absolute Gasteiger partial charge is 0.434 e. The number of aryl methyl sites for hydroxylation is 1. The number of ether oxygens (including phenoxy) is 1. The number of carbonyl (C=O) groups is 2. The quantitative estimate of drug-likeness (QED) is 0.579. The molecule has 1 spiro atoms. The van der Waals surface area contributed by atoms with Crippen molar-refractivity contribution in [1.82, 2.24) is 10.4 Å². The molecule has 1 aliphatic carbocycles. The Labute approximate surface area is 172 Å². The molecule has 1 atom stereocenters. The highest BCUT2D eigenvalue weighted by atomic mass is 19.3. The second kappa shape index (κ2) is 8.02. The highest BCUT2D eigenvalue weighted by Crippen LogP contribution is 2.44. The summed E-state index contributed by atoms with van der Waals surface area (Å²) in [6.45, 7) is -2.18. The highest BCUT2D eigenvalue weighted by molar-refractivity contribution is 5.93. The number of para-hydroxylation sites is 1. The average molecular weight is 416 g/mol. The highest BCUT2D eigenvalue weighted by Gasteiger charge is 2.48. The van der Waals surface area contributed by atoms with Crippen molar-refractivity contribution < 1.29 is 28.3 Å². The van der Waals surface area contributed by atoms with Gasteiger partial charge in [-0.25, -0.2) is 5.48 Å². The molecule has 0 radical (unpaired) electrons. The molecule has 1 saturated heterocycles. The van der Waals surface area contributed by atoms with Crippen LogP contribution in [0.4, 0.5) is 8.78 Å². The van der Waals surface area contributed by atoms with E-state index in [1.807, 2.05) is 6.07 Å². The number of hydrogen-bond acceptors (Lipinski definition) is 4. The van der Waals surface area contributed by atoms with Crippen LogP contribution in [0.3, 0.4) is 0 Å². The molecule has 1 heterocycles. The molecule has 30 heavy (non-hydrogen) atoms. The van der Waals surface area contributed by atoms with E-state index in [9.17, 15) is 18.4 Å². The minimum atomic E-state index is -2.92. The third-order valence-corrected chi connectivity index (χ3v) is 6.12. The molecule has 0 aromatic heterocycles. The van der Waals surface area contributed by atoms with Crippen LogP contribution in [0, 0.1) is 5.41 Å². The van der Waals surface area contributed by atoms with Gasteiger partial charge in [0.1, 0.15) is 5.75 Å². The van der Waals surface area contributed by atoms with Gasteiger partial charge in [0.15, 0.2) is 0 Å². The van der Waals surface area contributed by atoms with Gasteiger partial charge in [0.2, 0.25) is 5.91 Å². The van der Waals surface area contributed by atoms with Crippen LogP contribution < -0.4 is 10.2 Å². The monoisotopic (exact) mass is 416 g/mol. The molecule has 0 unspecified atom stereocenters. The first-order chi connectivity index (χ1) is 14.4. The molecule has 2 amide bonds.